The van der Waals surface area contributed by atoms with Gasteiger partial charge in [0.2, 0.25) is 0 Å². The molecule has 14 heavy (non-hydrogen) atoms. The molecule has 0 radical (unpaired) electrons. The zero-order valence-corrected chi connectivity index (χ0v) is 8.24. The number of aliphatic hydroxyl groups is 1. The number of aromatic nitrogens is 1. The Morgan fingerprint density at radius 3 is 3.07 bits per heavy atom. The summed E-state index contributed by atoms with van der Waals surface area (Å²) in [6.07, 6.45) is 3.39. The molecule has 76 valence electrons. The minimum atomic E-state index is -0.450. The van der Waals surface area contributed by atoms with Crippen molar-refractivity contribution >= 4 is 17.4 Å². The summed E-state index contributed by atoms with van der Waals surface area (Å²) in [4.78, 5) is 14.4. The Kier molecular flexibility index (Phi) is 4.34. The van der Waals surface area contributed by atoms with Crippen LogP contribution in [0.15, 0.2) is 23.4 Å². The zero-order valence-electron chi connectivity index (χ0n) is 7.42. The van der Waals surface area contributed by atoms with E-state index in [0.717, 1.165) is 0 Å². The van der Waals surface area contributed by atoms with Crippen molar-refractivity contribution in [2.24, 2.45) is 0 Å². The van der Waals surface area contributed by atoms with Gasteiger partial charge in [-0.3, -0.25) is 15.1 Å². The van der Waals surface area contributed by atoms with E-state index in [0.29, 0.717) is 17.1 Å². The van der Waals surface area contributed by atoms with Gasteiger partial charge in [-0.1, -0.05) is 0 Å². The van der Waals surface area contributed by atoms with E-state index >= 15 is 0 Å². The molecule has 0 amide bonds. The first-order valence-corrected chi connectivity index (χ1v) is 5.06. The van der Waals surface area contributed by atoms with Gasteiger partial charge in [-0.05, 0) is 12.5 Å². The summed E-state index contributed by atoms with van der Waals surface area (Å²) in [5.74, 6) is 0.668. The van der Waals surface area contributed by atoms with E-state index in [1.165, 1.54) is 24.2 Å². The maximum absolute atomic E-state index is 10.6. The second kappa shape index (κ2) is 5.56. The highest BCUT2D eigenvalue weighted by Crippen LogP contribution is 2.27. The van der Waals surface area contributed by atoms with Crippen molar-refractivity contribution in [1.82, 2.24) is 4.98 Å². The topological polar surface area (TPSA) is 76.3 Å². The van der Waals surface area contributed by atoms with Crippen LogP contribution < -0.4 is 0 Å². The number of hydrogen-bond acceptors (Lipinski definition) is 5. The van der Waals surface area contributed by atoms with Crippen molar-refractivity contribution in [3.63, 3.8) is 0 Å². The third kappa shape index (κ3) is 2.97. The normalized spacial score (nSPS) is 10.1. The fourth-order valence-electron chi connectivity index (χ4n) is 0.879. The lowest BCUT2D eigenvalue weighted by atomic mass is 10.4. The lowest BCUT2D eigenvalue weighted by Gasteiger charge is -2.00. The van der Waals surface area contributed by atoms with Gasteiger partial charge < -0.3 is 5.11 Å². The second-order valence-corrected chi connectivity index (χ2v) is 3.66. The van der Waals surface area contributed by atoms with Crippen LogP contribution in [0.25, 0.3) is 0 Å². The lowest BCUT2D eigenvalue weighted by Crippen LogP contribution is -1.93. The minimum Gasteiger partial charge on any atom is -0.396 e. The van der Waals surface area contributed by atoms with Crippen LogP contribution in [0.4, 0.5) is 5.69 Å². The summed E-state index contributed by atoms with van der Waals surface area (Å²) >= 11 is 1.36. The number of rotatable bonds is 5. The predicted molar refractivity (Wildman–Crippen MR) is 53.3 cm³/mol. The molecule has 1 aromatic heterocycles. The summed E-state index contributed by atoms with van der Waals surface area (Å²) < 4.78 is 0. The van der Waals surface area contributed by atoms with E-state index in [9.17, 15) is 10.1 Å². The summed E-state index contributed by atoms with van der Waals surface area (Å²) in [5, 5.41) is 19.1. The predicted octanol–water partition coefficient (Wildman–Crippen LogP) is 1.46. The van der Waals surface area contributed by atoms with E-state index in [-0.39, 0.29) is 12.3 Å². The second-order valence-electron chi connectivity index (χ2n) is 2.53. The molecule has 0 atom stereocenters. The molecule has 5 nitrogen and oxygen atoms in total. The highest BCUT2D eigenvalue weighted by molar-refractivity contribution is 7.99. The van der Waals surface area contributed by atoms with E-state index in [1.54, 1.807) is 6.07 Å². The summed E-state index contributed by atoms with van der Waals surface area (Å²) in [6.45, 7) is 0.103. The zero-order chi connectivity index (χ0) is 10.4. The molecule has 0 fully saturated rings. The molecule has 1 rings (SSSR count). The molecule has 0 aromatic carbocycles. The smallest absolute Gasteiger partial charge is 0.300 e. The molecular weight excluding hydrogens is 204 g/mol. The Hall–Kier alpha value is -1.14. The maximum Gasteiger partial charge on any atom is 0.300 e. The highest BCUT2D eigenvalue weighted by atomic mass is 32.2. The van der Waals surface area contributed by atoms with Crippen LogP contribution in [0.2, 0.25) is 0 Å². The first-order chi connectivity index (χ1) is 6.75. The van der Waals surface area contributed by atoms with Crippen LogP contribution >= 0.6 is 11.8 Å². The van der Waals surface area contributed by atoms with Gasteiger partial charge in [-0.25, -0.2) is 0 Å². The Bertz CT molecular complexity index is 319. The number of pyridine rings is 1. The molecule has 0 saturated carbocycles. The van der Waals surface area contributed by atoms with Gasteiger partial charge in [-0.2, -0.15) is 0 Å². The van der Waals surface area contributed by atoms with Crippen molar-refractivity contribution in [3.05, 3.63) is 28.6 Å². The Balaban J connectivity index is 2.69. The van der Waals surface area contributed by atoms with Crippen LogP contribution in [0.1, 0.15) is 6.42 Å². The van der Waals surface area contributed by atoms with Gasteiger partial charge in [0, 0.05) is 18.6 Å². The summed E-state index contributed by atoms with van der Waals surface area (Å²) in [5.41, 5.74) is 0.0236. The summed E-state index contributed by atoms with van der Waals surface area (Å²) in [7, 11) is 0. The molecule has 1 N–H and O–H groups in total. The standard InChI is InChI=1S/C8H10N2O3S/c11-4-1-5-14-8-2-3-9-6-7(8)10(12)13/h2-3,6,11H,1,4-5H2. The molecule has 0 spiro atoms. The van der Waals surface area contributed by atoms with Gasteiger partial charge in [0.1, 0.15) is 6.20 Å². The summed E-state index contributed by atoms with van der Waals surface area (Å²) in [6, 6.07) is 1.61. The van der Waals surface area contributed by atoms with Crippen LogP contribution in [0.3, 0.4) is 0 Å². The molecular formula is C8H10N2O3S. The molecule has 0 unspecified atom stereocenters. The van der Waals surface area contributed by atoms with Gasteiger partial charge in [0.15, 0.2) is 0 Å². The van der Waals surface area contributed by atoms with Crippen LogP contribution in [0, 0.1) is 10.1 Å². The number of hydrogen-bond donors (Lipinski definition) is 1. The van der Waals surface area contributed by atoms with Crippen molar-refractivity contribution in [1.29, 1.82) is 0 Å². The largest absolute Gasteiger partial charge is 0.396 e. The fraction of sp³-hybridized carbons (Fsp3) is 0.375. The average Bonchev–Trinajstić information content (AvgIpc) is 2.19. The molecule has 6 heteroatoms. The van der Waals surface area contributed by atoms with Crippen molar-refractivity contribution in [2.45, 2.75) is 11.3 Å². The molecule has 0 bridgehead atoms. The number of thioether (sulfide) groups is 1. The van der Waals surface area contributed by atoms with Gasteiger partial charge in [0.25, 0.3) is 0 Å². The number of nitrogens with zero attached hydrogens (tertiary/aromatic N) is 2. The Morgan fingerprint density at radius 2 is 2.43 bits per heavy atom. The molecule has 0 aliphatic rings. The van der Waals surface area contributed by atoms with Crippen LogP contribution in [-0.2, 0) is 0 Å². The average molecular weight is 214 g/mol. The van der Waals surface area contributed by atoms with Crippen molar-refractivity contribution in [2.75, 3.05) is 12.4 Å². The van der Waals surface area contributed by atoms with Gasteiger partial charge in [0.05, 0.1) is 9.82 Å². The van der Waals surface area contributed by atoms with Crippen molar-refractivity contribution < 1.29 is 10.0 Å². The van der Waals surface area contributed by atoms with E-state index in [2.05, 4.69) is 4.98 Å². The third-order valence-electron chi connectivity index (χ3n) is 1.52. The first kappa shape index (κ1) is 10.9. The van der Waals surface area contributed by atoms with E-state index in [4.69, 9.17) is 5.11 Å². The molecule has 0 saturated heterocycles. The Labute approximate surface area is 85.3 Å². The van der Waals surface area contributed by atoms with E-state index in [1.807, 2.05) is 0 Å². The van der Waals surface area contributed by atoms with Crippen molar-refractivity contribution in [3.8, 4) is 0 Å². The maximum atomic E-state index is 10.6. The molecule has 1 aromatic rings. The van der Waals surface area contributed by atoms with Gasteiger partial charge in [-0.15, -0.1) is 11.8 Å². The lowest BCUT2D eigenvalue weighted by molar-refractivity contribution is -0.388. The number of nitro groups is 1. The Morgan fingerprint density at radius 1 is 1.64 bits per heavy atom. The van der Waals surface area contributed by atoms with E-state index < -0.39 is 4.92 Å². The first-order valence-electron chi connectivity index (χ1n) is 4.07. The van der Waals surface area contributed by atoms with Crippen LogP contribution in [0.5, 0.6) is 0 Å². The molecule has 1 heterocycles. The number of aliphatic hydroxyl groups excluding tert-OH is 1. The quantitative estimate of drug-likeness (QED) is 0.347. The SMILES string of the molecule is O=[N+]([O-])c1cnccc1SCCCO. The minimum absolute atomic E-state index is 0.0236. The van der Waals surface area contributed by atoms with Crippen LogP contribution in [-0.4, -0.2) is 27.4 Å². The van der Waals surface area contributed by atoms with Gasteiger partial charge >= 0.3 is 5.69 Å². The molecule has 0 aliphatic carbocycles. The monoisotopic (exact) mass is 214 g/mol. The fourth-order valence-corrected chi connectivity index (χ4v) is 1.80. The highest BCUT2D eigenvalue weighted by Gasteiger charge is 2.12. The molecule has 0 aliphatic heterocycles. The third-order valence-corrected chi connectivity index (χ3v) is 2.67.